The van der Waals surface area contributed by atoms with Gasteiger partial charge < -0.3 is 20.5 Å². The van der Waals surface area contributed by atoms with Crippen molar-refractivity contribution in [3.8, 4) is 0 Å². The number of hydrogen-bond acceptors (Lipinski definition) is 3. The fourth-order valence-electron chi connectivity index (χ4n) is 0. The molecule has 0 atom stereocenters. The first-order valence-electron chi connectivity index (χ1n) is 0.707. The van der Waals surface area contributed by atoms with Crippen molar-refractivity contribution >= 4 is 7.32 Å². The molecule has 0 aliphatic rings. The molecule has 0 aromatic rings. The van der Waals surface area contributed by atoms with Crippen molar-refractivity contribution < 1.29 is 120 Å². The zero-order valence-electron chi connectivity index (χ0n) is 5.54. The molecule has 0 radical (unpaired) electrons. The average Bonchev–Trinajstić information content (AvgIpc) is 0.811. The SMILES string of the molecule is [O-2].[O-]B([O-])[O-].[Ti+4].[Zn+2].[Zn+2].[Zn+2].[Zn+2]. The van der Waals surface area contributed by atoms with Gasteiger partial charge in [0.05, 0.1) is 0 Å². The van der Waals surface area contributed by atoms with Crippen LogP contribution >= 0.6 is 0 Å². The van der Waals surface area contributed by atoms with E-state index in [9.17, 15) is 0 Å². The van der Waals surface area contributed by atoms with Crippen LogP contribution in [0.5, 0.6) is 0 Å². The van der Waals surface area contributed by atoms with Crippen molar-refractivity contribution in [3.63, 3.8) is 0 Å². The Balaban J connectivity index is -0.00000000300. The zero-order chi connectivity index (χ0) is 3.58. The van der Waals surface area contributed by atoms with Crippen molar-refractivity contribution in [2.45, 2.75) is 0 Å². The van der Waals surface area contributed by atoms with Crippen molar-refractivity contribution in [2.75, 3.05) is 0 Å². The number of hydrogen-bond donors (Lipinski definition) is 0. The monoisotopic (exact) mass is 379 g/mol. The van der Waals surface area contributed by atoms with Crippen molar-refractivity contribution in [3.05, 3.63) is 0 Å². The normalized spacial score (nSPS) is 2.70. The van der Waals surface area contributed by atoms with E-state index in [2.05, 4.69) is 0 Å². The Kier molecular flexibility index (Phi) is 206. The minimum absolute atomic E-state index is 0. The summed E-state index contributed by atoms with van der Waals surface area (Å²) in [5, 5.41) is 25.2. The third-order valence-electron chi connectivity index (χ3n) is 0. The molecular weight excluding hydrogens is 384 g/mol. The molecule has 0 heterocycles. The van der Waals surface area contributed by atoms with E-state index < -0.39 is 7.32 Å². The molecule has 10 heavy (non-hydrogen) atoms. The van der Waals surface area contributed by atoms with Crippen LogP contribution in [0.15, 0.2) is 0 Å². The van der Waals surface area contributed by atoms with Crippen LogP contribution in [0.1, 0.15) is 0 Å². The predicted octanol–water partition coefficient (Wildman–Crippen LogP) is -4.08. The summed E-state index contributed by atoms with van der Waals surface area (Å²) in [6.45, 7) is 0. The Labute approximate surface area is 126 Å². The largest absolute Gasteiger partial charge is 4.00 e. The van der Waals surface area contributed by atoms with Gasteiger partial charge in [0.2, 0.25) is 0 Å². The maximum atomic E-state index is 8.42. The Morgan fingerprint density at radius 2 is 0.700 bits per heavy atom. The van der Waals surface area contributed by atoms with E-state index in [1.54, 1.807) is 0 Å². The zero-order valence-corrected chi connectivity index (χ0v) is 19.0. The van der Waals surface area contributed by atoms with Gasteiger partial charge in [-0.2, -0.15) is 0 Å². The van der Waals surface area contributed by atoms with Crippen LogP contribution in [0.2, 0.25) is 0 Å². The van der Waals surface area contributed by atoms with E-state index in [1.165, 1.54) is 0 Å². The van der Waals surface area contributed by atoms with Gasteiger partial charge in [-0.1, -0.05) is 0 Å². The molecule has 0 saturated heterocycles. The Morgan fingerprint density at radius 1 is 0.700 bits per heavy atom. The van der Waals surface area contributed by atoms with Crippen LogP contribution in [0.25, 0.3) is 0 Å². The first-order chi connectivity index (χ1) is 1.73. The summed E-state index contributed by atoms with van der Waals surface area (Å²) >= 11 is 0. The standard InChI is InChI=1S/BO3.O.Ti.4Zn/c2-1(3)4;;;;;;/q-3;-2;+4;4*+2. The maximum absolute atomic E-state index is 8.42. The summed E-state index contributed by atoms with van der Waals surface area (Å²) in [6.07, 6.45) is 0. The van der Waals surface area contributed by atoms with Crippen LogP contribution in [-0.2, 0) is 105 Å². The molecule has 0 bridgehead atoms. The molecular formula is BO4TiZn4+7. The minimum Gasteiger partial charge on any atom is -2.00 e. The molecule has 4 nitrogen and oxygen atoms in total. The quantitative estimate of drug-likeness (QED) is 0.398. The third-order valence-corrected chi connectivity index (χ3v) is 0. The molecule has 0 aliphatic carbocycles. The predicted molar refractivity (Wildman–Crippen MR) is 6.44 cm³/mol. The molecule has 0 N–H and O–H groups in total. The third kappa shape index (κ3) is 117. The first-order valence-corrected chi connectivity index (χ1v) is 0.707. The molecule has 0 aromatic carbocycles. The molecule has 0 saturated carbocycles. The number of rotatable bonds is 0. The van der Waals surface area contributed by atoms with E-state index in [4.69, 9.17) is 15.1 Å². The van der Waals surface area contributed by atoms with E-state index in [1.807, 2.05) is 0 Å². The van der Waals surface area contributed by atoms with Crippen molar-refractivity contribution in [1.29, 1.82) is 0 Å². The van der Waals surface area contributed by atoms with Gasteiger partial charge in [-0.05, 0) is 0 Å². The van der Waals surface area contributed by atoms with Gasteiger partial charge >= 0.3 is 99.6 Å². The summed E-state index contributed by atoms with van der Waals surface area (Å²) in [6, 6.07) is 0. The average molecular weight is 384 g/mol. The molecule has 0 fully saturated rings. The van der Waals surface area contributed by atoms with Gasteiger partial charge in [0.15, 0.2) is 0 Å². The second-order valence-electron chi connectivity index (χ2n) is 0.289. The Hall–Kier alpha value is 3.11. The van der Waals surface area contributed by atoms with Gasteiger partial charge in [-0.3, -0.25) is 7.32 Å². The second-order valence-corrected chi connectivity index (χ2v) is 0.289. The van der Waals surface area contributed by atoms with Crippen LogP contribution in [0, 0.1) is 0 Å². The molecule has 0 amide bonds. The van der Waals surface area contributed by atoms with Crippen molar-refractivity contribution in [1.82, 2.24) is 0 Å². The maximum Gasteiger partial charge on any atom is 4.00 e. The van der Waals surface area contributed by atoms with E-state index >= 15 is 0 Å². The Bertz CT molecular complexity index is 22.0. The van der Waals surface area contributed by atoms with Crippen LogP contribution < -0.4 is 15.1 Å². The molecule has 0 aromatic heterocycles. The molecule has 10 heteroatoms. The smallest absolute Gasteiger partial charge is 2.00 e. The topological polar surface area (TPSA) is 97.7 Å². The van der Waals surface area contributed by atoms with Gasteiger partial charge in [-0.15, -0.1) is 0 Å². The second kappa shape index (κ2) is 40.0. The van der Waals surface area contributed by atoms with Gasteiger partial charge in [0.25, 0.3) is 0 Å². The van der Waals surface area contributed by atoms with Gasteiger partial charge in [0.1, 0.15) is 0 Å². The van der Waals surface area contributed by atoms with E-state index in [0.29, 0.717) is 0 Å². The van der Waals surface area contributed by atoms with E-state index in [-0.39, 0.29) is 105 Å². The summed E-state index contributed by atoms with van der Waals surface area (Å²) < 4.78 is 0. The Morgan fingerprint density at radius 3 is 0.700 bits per heavy atom. The van der Waals surface area contributed by atoms with Gasteiger partial charge in [0, 0.05) is 0 Å². The van der Waals surface area contributed by atoms with Crippen molar-refractivity contribution in [2.24, 2.45) is 0 Å². The molecule has 0 unspecified atom stereocenters. The molecule has 0 aliphatic heterocycles. The fourth-order valence-corrected chi connectivity index (χ4v) is 0. The van der Waals surface area contributed by atoms with Gasteiger partial charge in [-0.25, -0.2) is 0 Å². The molecule has 0 spiro atoms. The first kappa shape index (κ1) is 51.5. The van der Waals surface area contributed by atoms with Crippen LogP contribution in [0.4, 0.5) is 0 Å². The summed E-state index contributed by atoms with van der Waals surface area (Å²) in [5.41, 5.74) is 0. The molecule has 0 rings (SSSR count). The van der Waals surface area contributed by atoms with E-state index in [0.717, 1.165) is 0 Å². The summed E-state index contributed by atoms with van der Waals surface area (Å²) in [7, 11) is -2.92. The summed E-state index contributed by atoms with van der Waals surface area (Å²) in [5.74, 6) is 0. The minimum atomic E-state index is -2.92. The summed E-state index contributed by atoms with van der Waals surface area (Å²) in [4.78, 5) is 0. The van der Waals surface area contributed by atoms with Crippen LogP contribution in [0.3, 0.4) is 0 Å². The fraction of sp³-hybridized carbons (Fsp3) is 0. The molecule has 32 valence electrons. The van der Waals surface area contributed by atoms with Crippen LogP contribution in [-0.4, -0.2) is 7.32 Å².